The first-order valence-corrected chi connectivity index (χ1v) is 8.02. The van der Waals surface area contributed by atoms with Gasteiger partial charge in [-0.3, -0.25) is 4.79 Å². The second kappa shape index (κ2) is 6.44. The zero-order valence-corrected chi connectivity index (χ0v) is 13.5. The molecule has 122 valence electrons. The number of rotatable bonds is 3. The Labute approximate surface area is 134 Å². The molecule has 3 rings (SSSR count). The molecule has 0 N–H and O–H groups in total. The number of carbonyl (C=O) groups is 1. The van der Waals surface area contributed by atoms with Gasteiger partial charge in [-0.2, -0.15) is 0 Å². The maximum atomic E-state index is 12.4. The summed E-state index contributed by atoms with van der Waals surface area (Å²) >= 11 is 0. The van der Waals surface area contributed by atoms with E-state index in [1.807, 2.05) is 11.0 Å². The van der Waals surface area contributed by atoms with Crippen molar-refractivity contribution in [3.8, 4) is 5.75 Å². The Morgan fingerprint density at radius 3 is 2.65 bits per heavy atom. The van der Waals surface area contributed by atoms with Gasteiger partial charge in [-0.25, -0.2) is 4.79 Å². The minimum Gasteiger partial charge on any atom is -0.484 e. The van der Waals surface area contributed by atoms with E-state index in [2.05, 4.69) is 13.8 Å². The third kappa shape index (κ3) is 3.38. The number of amides is 1. The van der Waals surface area contributed by atoms with Crippen LogP contribution in [0.3, 0.4) is 0 Å². The van der Waals surface area contributed by atoms with E-state index in [1.54, 1.807) is 18.2 Å². The van der Waals surface area contributed by atoms with Crippen molar-refractivity contribution >= 4 is 16.9 Å². The Balaban J connectivity index is 1.70. The van der Waals surface area contributed by atoms with Crippen LogP contribution in [0.2, 0.25) is 0 Å². The lowest BCUT2D eigenvalue weighted by Gasteiger charge is -2.38. The number of piperidine rings is 1. The summed E-state index contributed by atoms with van der Waals surface area (Å²) in [7, 11) is 0. The lowest BCUT2D eigenvalue weighted by Crippen LogP contribution is -2.49. The van der Waals surface area contributed by atoms with Crippen LogP contribution in [0.15, 0.2) is 39.5 Å². The topological polar surface area (TPSA) is 59.8 Å². The number of likely N-dealkylation sites (tertiary alicyclic amines) is 1. The predicted octanol–water partition coefficient (Wildman–Crippen LogP) is 2.96. The Morgan fingerprint density at radius 2 is 1.91 bits per heavy atom. The van der Waals surface area contributed by atoms with Crippen molar-refractivity contribution < 1.29 is 13.9 Å². The maximum Gasteiger partial charge on any atom is 0.336 e. The zero-order chi connectivity index (χ0) is 16.4. The molecule has 2 aromatic rings. The molecular formula is C18H21NO4. The molecule has 0 aliphatic carbocycles. The third-order valence-electron chi connectivity index (χ3n) is 4.44. The van der Waals surface area contributed by atoms with E-state index in [9.17, 15) is 9.59 Å². The molecule has 0 radical (unpaired) electrons. The van der Waals surface area contributed by atoms with Crippen molar-refractivity contribution in [2.24, 2.45) is 0 Å². The van der Waals surface area contributed by atoms with Crippen molar-refractivity contribution in [2.75, 3.05) is 6.61 Å². The Kier molecular flexibility index (Phi) is 4.37. The van der Waals surface area contributed by atoms with E-state index in [1.165, 1.54) is 6.07 Å². The summed E-state index contributed by atoms with van der Waals surface area (Å²) in [5.41, 5.74) is 0.0591. The van der Waals surface area contributed by atoms with Crippen LogP contribution in [0, 0.1) is 0 Å². The number of nitrogens with zero attached hydrogens (tertiary/aromatic N) is 1. The number of ether oxygens (including phenoxy) is 1. The van der Waals surface area contributed by atoms with Gasteiger partial charge in [0.25, 0.3) is 5.91 Å². The van der Waals surface area contributed by atoms with Gasteiger partial charge < -0.3 is 14.1 Å². The molecule has 5 heteroatoms. The summed E-state index contributed by atoms with van der Waals surface area (Å²) in [6, 6.07) is 8.82. The van der Waals surface area contributed by atoms with Gasteiger partial charge in [0.1, 0.15) is 11.3 Å². The van der Waals surface area contributed by atoms with E-state index in [0.29, 0.717) is 11.3 Å². The predicted molar refractivity (Wildman–Crippen MR) is 87.6 cm³/mol. The molecule has 0 saturated carbocycles. The highest BCUT2D eigenvalue weighted by Crippen LogP contribution is 2.23. The van der Waals surface area contributed by atoms with Crippen molar-refractivity contribution in [3.63, 3.8) is 0 Å². The first kappa shape index (κ1) is 15.6. The second-order valence-corrected chi connectivity index (χ2v) is 6.17. The highest BCUT2D eigenvalue weighted by Gasteiger charge is 2.28. The molecule has 1 aromatic heterocycles. The van der Waals surface area contributed by atoms with E-state index in [-0.39, 0.29) is 24.6 Å². The maximum absolute atomic E-state index is 12.4. The molecule has 1 saturated heterocycles. The van der Waals surface area contributed by atoms with Gasteiger partial charge in [-0.15, -0.1) is 0 Å². The summed E-state index contributed by atoms with van der Waals surface area (Å²) in [5.74, 6) is 0.525. The number of benzene rings is 1. The number of carbonyl (C=O) groups excluding carboxylic acids is 1. The highest BCUT2D eigenvalue weighted by atomic mass is 16.5. The van der Waals surface area contributed by atoms with Gasteiger partial charge in [0, 0.05) is 29.6 Å². The largest absolute Gasteiger partial charge is 0.484 e. The minimum absolute atomic E-state index is 0.000638. The molecule has 1 fully saturated rings. The lowest BCUT2D eigenvalue weighted by molar-refractivity contribution is -0.139. The van der Waals surface area contributed by atoms with Crippen LogP contribution in [0.25, 0.3) is 11.0 Å². The molecule has 5 nitrogen and oxygen atoms in total. The molecule has 23 heavy (non-hydrogen) atoms. The van der Waals surface area contributed by atoms with Crippen LogP contribution < -0.4 is 10.4 Å². The molecular weight excluding hydrogens is 294 g/mol. The van der Waals surface area contributed by atoms with Gasteiger partial charge in [0.05, 0.1) is 0 Å². The van der Waals surface area contributed by atoms with E-state index < -0.39 is 5.63 Å². The molecule has 1 aromatic carbocycles. The van der Waals surface area contributed by atoms with Gasteiger partial charge in [-0.1, -0.05) is 0 Å². The Hall–Kier alpha value is -2.30. The summed E-state index contributed by atoms with van der Waals surface area (Å²) in [6.07, 6.45) is 3.24. The van der Waals surface area contributed by atoms with Gasteiger partial charge in [0.15, 0.2) is 6.61 Å². The summed E-state index contributed by atoms with van der Waals surface area (Å²) in [4.78, 5) is 25.6. The van der Waals surface area contributed by atoms with Crippen molar-refractivity contribution in [1.29, 1.82) is 0 Å². The SMILES string of the molecule is CC1CCCC(C)N1C(=O)COc1ccc2ccc(=O)oc2c1. The van der Waals surface area contributed by atoms with Crippen LogP contribution >= 0.6 is 0 Å². The van der Waals surface area contributed by atoms with E-state index in [0.717, 1.165) is 24.6 Å². The van der Waals surface area contributed by atoms with Gasteiger partial charge in [-0.05, 0) is 51.3 Å². The Morgan fingerprint density at radius 1 is 1.22 bits per heavy atom. The summed E-state index contributed by atoms with van der Waals surface area (Å²) in [6.45, 7) is 4.16. The normalized spacial score (nSPS) is 21.4. The first-order chi connectivity index (χ1) is 11.0. The molecule has 0 bridgehead atoms. The molecule has 2 atom stereocenters. The van der Waals surface area contributed by atoms with Crippen LogP contribution in [0.5, 0.6) is 5.75 Å². The number of fused-ring (bicyclic) bond motifs is 1. The van der Waals surface area contributed by atoms with E-state index >= 15 is 0 Å². The van der Waals surface area contributed by atoms with Gasteiger partial charge >= 0.3 is 5.63 Å². The molecule has 1 aliphatic rings. The summed E-state index contributed by atoms with van der Waals surface area (Å²) < 4.78 is 10.7. The monoisotopic (exact) mass is 315 g/mol. The molecule has 2 unspecified atom stereocenters. The van der Waals surface area contributed by atoms with Crippen molar-refractivity contribution in [1.82, 2.24) is 4.90 Å². The van der Waals surface area contributed by atoms with Crippen LogP contribution in [-0.4, -0.2) is 29.5 Å². The van der Waals surface area contributed by atoms with Crippen molar-refractivity contribution in [2.45, 2.75) is 45.2 Å². The number of hydrogen-bond acceptors (Lipinski definition) is 4. The average molecular weight is 315 g/mol. The van der Waals surface area contributed by atoms with E-state index in [4.69, 9.17) is 9.15 Å². The fourth-order valence-electron chi connectivity index (χ4n) is 3.26. The fraction of sp³-hybridized carbons (Fsp3) is 0.444. The minimum atomic E-state index is -0.401. The van der Waals surface area contributed by atoms with Crippen LogP contribution in [-0.2, 0) is 4.79 Å². The average Bonchev–Trinajstić information content (AvgIpc) is 2.52. The van der Waals surface area contributed by atoms with Crippen molar-refractivity contribution in [3.05, 3.63) is 40.8 Å². The molecule has 1 aliphatic heterocycles. The highest BCUT2D eigenvalue weighted by molar-refractivity contribution is 5.80. The second-order valence-electron chi connectivity index (χ2n) is 6.17. The first-order valence-electron chi connectivity index (χ1n) is 8.02. The molecule has 2 heterocycles. The third-order valence-corrected chi connectivity index (χ3v) is 4.44. The molecule has 1 amide bonds. The lowest BCUT2D eigenvalue weighted by atomic mass is 9.97. The van der Waals surface area contributed by atoms with Crippen LogP contribution in [0.4, 0.5) is 0 Å². The standard InChI is InChI=1S/C18H21NO4/c1-12-4-3-5-13(2)19(12)17(20)11-22-15-8-6-14-7-9-18(21)23-16(14)10-15/h6-10,12-13H,3-5,11H2,1-2H3. The quantitative estimate of drug-likeness (QED) is 0.817. The van der Waals surface area contributed by atoms with Crippen LogP contribution in [0.1, 0.15) is 33.1 Å². The fourth-order valence-corrected chi connectivity index (χ4v) is 3.26. The van der Waals surface area contributed by atoms with Gasteiger partial charge in [0.2, 0.25) is 0 Å². The molecule has 0 spiro atoms. The zero-order valence-electron chi connectivity index (χ0n) is 13.5. The smallest absolute Gasteiger partial charge is 0.336 e. The Bertz CT molecular complexity index is 757. The number of hydrogen-bond donors (Lipinski definition) is 0. The summed E-state index contributed by atoms with van der Waals surface area (Å²) in [5, 5.41) is 0.821.